The molecular weight excluding hydrogens is 258 g/mol. The van der Waals surface area contributed by atoms with Crippen LogP contribution in [0.4, 0.5) is 5.82 Å². The highest BCUT2D eigenvalue weighted by Crippen LogP contribution is 2.38. The van der Waals surface area contributed by atoms with Crippen LogP contribution in [-0.2, 0) is 17.6 Å². The van der Waals surface area contributed by atoms with Gasteiger partial charge in [-0.05, 0) is 38.2 Å². The molecule has 0 saturated heterocycles. The van der Waals surface area contributed by atoms with Crippen molar-refractivity contribution in [1.82, 2.24) is 9.97 Å². The fourth-order valence-electron chi connectivity index (χ4n) is 2.72. The lowest BCUT2D eigenvalue weighted by Gasteiger charge is -2.16. The molecule has 0 aromatic carbocycles. The molecule has 19 heavy (non-hydrogen) atoms. The van der Waals surface area contributed by atoms with Crippen molar-refractivity contribution in [2.75, 3.05) is 19.0 Å². The van der Waals surface area contributed by atoms with Crippen LogP contribution < -0.4 is 5.32 Å². The first kappa shape index (κ1) is 12.8. The van der Waals surface area contributed by atoms with E-state index in [0.29, 0.717) is 6.61 Å². The first-order valence-electron chi connectivity index (χ1n) is 6.80. The van der Waals surface area contributed by atoms with Crippen LogP contribution in [0.5, 0.6) is 0 Å². The van der Waals surface area contributed by atoms with E-state index < -0.39 is 0 Å². The molecule has 1 aliphatic carbocycles. The van der Waals surface area contributed by atoms with Gasteiger partial charge in [0.1, 0.15) is 17.0 Å². The minimum Gasteiger partial charge on any atom is -0.383 e. The summed E-state index contributed by atoms with van der Waals surface area (Å²) >= 11 is 1.83. The standard InChI is InChI=1S/C14H19N3OS/c1-9(7-18-2)17-13-12-10-5-3-4-6-11(10)19-14(12)16-8-15-13/h8-9H,3-7H2,1-2H3,(H,15,16,17)/t9-/m1/s1. The summed E-state index contributed by atoms with van der Waals surface area (Å²) in [5.41, 5.74) is 1.47. The third kappa shape index (κ3) is 2.44. The maximum absolute atomic E-state index is 5.18. The number of fused-ring (bicyclic) bond motifs is 3. The van der Waals surface area contributed by atoms with E-state index in [1.165, 1.54) is 35.1 Å². The fraction of sp³-hybridized carbons (Fsp3) is 0.571. The number of nitrogens with zero attached hydrogens (tertiary/aromatic N) is 2. The normalized spacial score (nSPS) is 16.3. The molecule has 0 saturated carbocycles. The molecule has 0 amide bonds. The second-order valence-electron chi connectivity index (χ2n) is 5.11. The predicted octanol–water partition coefficient (Wildman–Crippen LogP) is 3.02. The van der Waals surface area contributed by atoms with Gasteiger partial charge in [-0.25, -0.2) is 9.97 Å². The highest BCUT2D eigenvalue weighted by molar-refractivity contribution is 7.19. The van der Waals surface area contributed by atoms with Crippen LogP contribution in [0, 0.1) is 0 Å². The monoisotopic (exact) mass is 277 g/mol. The Hall–Kier alpha value is -1.20. The number of ether oxygens (including phenoxy) is 1. The van der Waals surface area contributed by atoms with Crippen LogP contribution in [0.3, 0.4) is 0 Å². The molecule has 2 aromatic rings. The Kier molecular flexibility index (Phi) is 3.66. The summed E-state index contributed by atoms with van der Waals surface area (Å²) in [6, 6.07) is 0.252. The van der Waals surface area contributed by atoms with E-state index in [1.54, 1.807) is 13.4 Å². The van der Waals surface area contributed by atoms with Crippen LogP contribution in [0.15, 0.2) is 6.33 Å². The number of aromatic nitrogens is 2. The molecule has 4 nitrogen and oxygen atoms in total. The lowest BCUT2D eigenvalue weighted by Crippen LogP contribution is -2.21. The predicted molar refractivity (Wildman–Crippen MR) is 79.0 cm³/mol. The molecule has 2 heterocycles. The minimum absolute atomic E-state index is 0.252. The number of hydrogen-bond donors (Lipinski definition) is 1. The van der Waals surface area contributed by atoms with Crippen molar-refractivity contribution >= 4 is 27.4 Å². The molecule has 1 atom stereocenters. The molecule has 5 heteroatoms. The van der Waals surface area contributed by atoms with E-state index in [0.717, 1.165) is 17.1 Å². The molecule has 3 rings (SSSR count). The van der Waals surface area contributed by atoms with E-state index in [2.05, 4.69) is 22.2 Å². The Morgan fingerprint density at radius 2 is 2.21 bits per heavy atom. The summed E-state index contributed by atoms with van der Waals surface area (Å²) in [6.07, 6.45) is 6.60. The Balaban J connectivity index is 2.01. The molecule has 0 bridgehead atoms. The SMILES string of the molecule is COC[C@@H](C)Nc1ncnc2sc3c(c12)CCCC3. The van der Waals surface area contributed by atoms with Gasteiger partial charge >= 0.3 is 0 Å². The van der Waals surface area contributed by atoms with E-state index >= 15 is 0 Å². The van der Waals surface area contributed by atoms with Crippen LogP contribution in [-0.4, -0.2) is 29.7 Å². The molecule has 0 fully saturated rings. The molecule has 0 aliphatic heterocycles. The lowest BCUT2D eigenvalue weighted by atomic mass is 9.97. The zero-order chi connectivity index (χ0) is 13.2. The van der Waals surface area contributed by atoms with E-state index in [4.69, 9.17) is 4.74 Å². The van der Waals surface area contributed by atoms with Crippen molar-refractivity contribution in [2.24, 2.45) is 0 Å². The summed E-state index contributed by atoms with van der Waals surface area (Å²) in [5.74, 6) is 0.967. The number of anilines is 1. The summed E-state index contributed by atoms with van der Waals surface area (Å²) in [4.78, 5) is 11.5. The van der Waals surface area contributed by atoms with E-state index in [9.17, 15) is 0 Å². The van der Waals surface area contributed by atoms with Crippen molar-refractivity contribution in [3.63, 3.8) is 0 Å². The number of nitrogens with one attached hydrogen (secondary N) is 1. The molecule has 0 unspecified atom stereocenters. The summed E-state index contributed by atoms with van der Waals surface area (Å²) in [5, 5.41) is 4.69. The first-order chi connectivity index (χ1) is 9.29. The Morgan fingerprint density at radius 1 is 1.37 bits per heavy atom. The van der Waals surface area contributed by atoms with Gasteiger partial charge in [-0.15, -0.1) is 11.3 Å². The molecule has 2 aromatic heterocycles. The third-order valence-corrected chi connectivity index (χ3v) is 4.75. The molecular formula is C14H19N3OS. The van der Waals surface area contributed by atoms with Crippen molar-refractivity contribution < 1.29 is 4.74 Å². The van der Waals surface area contributed by atoms with Gasteiger partial charge in [0.15, 0.2) is 0 Å². The topological polar surface area (TPSA) is 47.0 Å². The number of rotatable bonds is 4. The van der Waals surface area contributed by atoms with Gasteiger partial charge in [0.2, 0.25) is 0 Å². The second-order valence-corrected chi connectivity index (χ2v) is 6.20. The highest BCUT2D eigenvalue weighted by atomic mass is 32.1. The average molecular weight is 277 g/mol. The summed E-state index contributed by atoms with van der Waals surface area (Å²) in [6.45, 7) is 2.79. The molecule has 0 spiro atoms. The molecule has 0 radical (unpaired) electrons. The maximum Gasteiger partial charge on any atom is 0.138 e. The number of aryl methyl sites for hydroxylation is 2. The van der Waals surface area contributed by atoms with Crippen molar-refractivity contribution in [3.8, 4) is 0 Å². The first-order valence-corrected chi connectivity index (χ1v) is 7.62. The molecule has 102 valence electrons. The number of methoxy groups -OCH3 is 1. The summed E-state index contributed by atoms with van der Waals surface area (Å²) < 4.78 is 5.18. The van der Waals surface area contributed by atoms with E-state index in [-0.39, 0.29) is 6.04 Å². The van der Waals surface area contributed by atoms with Gasteiger partial charge in [-0.1, -0.05) is 0 Å². The van der Waals surface area contributed by atoms with Crippen molar-refractivity contribution in [1.29, 1.82) is 0 Å². The molecule has 1 N–H and O–H groups in total. The quantitative estimate of drug-likeness (QED) is 0.933. The Labute approximate surface area is 117 Å². The fourth-order valence-corrected chi connectivity index (χ4v) is 3.95. The van der Waals surface area contributed by atoms with Gasteiger partial charge in [0.25, 0.3) is 0 Å². The van der Waals surface area contributed by atoms with Crippen LogP contribution >= 0.6 is 11.3 Å². The third-order valence-electron chi connectivity index (χ3n) is 3.55. The Bertz CT molecular complexity index is 581. The van der Waals surface area contributed by atoms with Crippen molar-refractivity contribution in [3.05, 3.63) is 16.8 Å². The van der Waals surface area contributed by atoms with Crippen LogP contribution in [0.2, 0.25) is 0 Å². The number of hydrogen-bond acceptors (Lipinski definition) is 5. The Morgan fingerprint density at radius 3 is 3.05 bits per heavy atom. The van der Waals surface area contributed by atoms with Gasteiger partial charge in [-0.3, -0.25) is 0 Å². The zero-order valence-electron chi connectivity index (χ0n) is 11.4. The van der Waals surface area contributed by atoms with E-state index in [1.807, 2.05) is 11.3 Å². The highest BCUT2D eigenvalue weighted by Gasteiger charge is 2.20. The smallest absolute Gasteiger partial charge is 0.138 e. The zero-order valence-corrected chi connectivity index (χ0v) is 12.2. The van der Waals surface area contributed by atoms with Crippen LogP contribution in [0.25, 0.3) is 10.2 Å². The average Bonchev–Trinajstić information content (AvgIpc) is 2.78. The molecule has 1 aliphatic rings. The van der Waals surface area contributed by atoms with Gasteiger partial charge < -0.3 is 10.1 Å². The van der Waals surface area contributed by atoms with Gasteiger partial charge in [0, 0.05) is 18.0 Å². The van der Waals surface area contributed by atoms with Crippen molar-refractivity contribution in [2.45, 2.75) is 38.6 Å². The second kappa shape index (κ2) is 5.43. The summed E-state index contributed by atoms with van der Waals surface area (Å²) in [7, 11) is 1.72. The largest absolute Gasteiger partial charge is 0.383 e. The van der Waals surface area contributed by atoms with Gasteiger partial charge in [-0.2, -0.15) is 0 Å². The minimum atomic E-state index is 0.252. The lowest BCUT2D eigenvalue weighted by molar-refractivity contribution is 0.190. The number of thiophene rings is 1. The van der Waals surface area contributed by atoms with Gasteiger partial charge in [0.05, 0.1) is 12.0 Å². The maximum atomic E-state index is 5.18. The van der Waals surface area contributed by atoms with Crippen LogP contribution in [0.1, 0.15) is 30.2 Å².